The van der Waals surface area contributed by atoms with Crippen LogP contribution in [0.5, 0.6) is 0 Å². The molecule has 0 unspecified atom stereocenters. The molecule has 1 aromatic carbocycles. The number of benzene rings is 1. The number of hydrogen-bond donors (Lipinski definition) is 0. The average molecular weight is 203 g/mol. The molecule has 0 aliphatic carbocycles. The molecule has 0 amide bonds. The van der Waals surface area contributed by atoms with Crippen LogP contribution in [0.1, 0.15) is 51.0 Å². The number of oxazole rings is 1. The lowest BCUT2D eigenvalue weighted by molar-refractivity contribution is 0.501. The van der Waals surface area contributed by atoms with Crippen LogP contribution in [0.15, 0.2) is 22.6 Å². The van der Waals surface area contributed by atoms with Crippen molar-refractivity contribution in [2.24, 2.45) is 0 Å². The fourth-order valence-corrected chi connectivity index (χ4v) is 1.57. The minimum Gasteiger partial charge on any atom is -0.440 e. The standard InChI is InChI=1S/C13H17NO/c1-8(2)10-5-6-12-11(7-10)14-13(15-12)9(3)4/h5-9H,1-4H3. The van der Waals surface area contributed by atoms with Gasteiger partial charge in [0, 0.05) is 5.92 Å². The van der Waals surface area contributed by atoms with Gasteiger partial charge in [-0.2, -0.15) is 0 Å². The summed E-state index contributed by atoms with van der Waals surface area (Å²) in [6.07, 6.45) is 0. The minimum atomic E-state index is 0.347. The van der Waals surface area contributed by atoms with E-state index in [0.29, 0.717) is 11.8 Å². The molecule has 2 nitrogen and oxygen atoms in total. The Morgan fingerprint density at radius 1 is 1.07 bits per heavy atom. The summed E-state index contributed by atoms with van der Waals surface area (Å²) in [7, 11) is 0. The van der Waals surface area contributed by atoms with Crippen LogP contribution in [0.25, 0.3) is 11.1 Å². The van der Waals surface area contributed by atoms with E-state index < -0.39 is 0 Å². The van der Waals surface area contributed by atoms with Gasteiger partial charge in [-0.05, 0) is 23.6 Å². The fourth-order valence-electron chi connectivity index (χ4n) is 1.57. The third-order valence-electron chi connectivity index (χ3n) is 2.59. The van der Waals surface area contributed by atoms with Crippen LogP contribution in [-0.2, 0) is 0 Å². The van der Waals surface area contributed by atoms with Gasteiger partial charge in [0.15, 0.2) is 11.5 Å². The molecule has 0 aliphatic rings. The lowest BCUT2D eigenvalue weighted by Crippen LogP contribution is -1.86. The highest BCUT2D eigenvalue weighted by molar-refractivity contribution is 5.73. The molecule has 15 heavy (non-hydrogen) atoms. The fraction of sp³-hybridized carbons (Fsp3) is 0.462. The van der Waals surface area contributed by atoms with Gasteiger partial charge in [-0.3, -0.25) is 0 Å². The summed E-state index contributed by atoms with van der Waals surface area (Å²) < 4.78 is 5.65. The smallest absolute Gasteiger partial charge is 0.198 e. The molecule has 0 saturated heterocycles. The molecule has 0 fully saturated rings. The first kappa shape index (κ1) is 10.2. The highest BCUT2D eigenvalue weighted by atomic mass is 16.3. The van der Waals surface area contributed by atoms with Crippen molar-refractivity contribution >= 4 is 11.1 Å². The van der Waals surface area contributed by atoms with E-state index in [4.69, 9.17) is 4.42 Å². The molecular weight excluding hydrogens is 186 g/mol. The van der Waals surface area contributed by atoms with Gasteiger partial charge in [0.1, 0.15) is 5.52 Å². The zero-order chi connectivity index (χ0) is 11.0. The maximum Gasteiger partial charge on any atom is 0.198 e. The summed E-state index contributed by atoms with van der Waals surface area (Å²) in [5.41, 5.74) is 3.18. The second-order valence-corrected chi connectivity index (χ2v) is 4.59. The Morgan fingerprint density at radius 3 is 2.40 bits per heavy atom. The van der Waals surface area contributed by atoms with Gasteiger partial charge in [-0.1, -0.05) is 33.8 Å². The van der Waals surface area contributed by atoms with Gasteiger partial charge in [0.25, 0.3) is 0 Å². The largest absolute Gasteiger partial charge is 0.440 e. The number of nitrogens with zero attached hydrogens (tertiary/aromatic N) is 1. The maximum absolute atomic E-state index is 5.65. The van der Waals surface area contributed by atoms with Crippen LogP contribution in [0.2, 0.25) is 0 Å². The number of hydrogen-bond acceptors (Lipinski definition) is 2. The van der Waals surface area contributed by atoms with Crippen molar-refractivity contribution in [1.82, 2.24) is 4.98 Å². The molecule has 0 N–H and O–H groups in total. The molecule has 1 heterocycles. The lowest BCUT2D eigenvalue weighted by Gasteiger charge is -2.02. The van der Waals surface area contributed by atoms with E-state index in [1.54, 1.807) is 0 Å². The zero-order valence-electron chi connectivity index (χ0n) is 9.74. The molecule has 1 aromatic heterocycles. The average Bonchev–Trinajstić information content (AvgIpc) is 2.59. The third-order valence-corrected chi connectivity index (χ3v) is 2.59. The normalized spacial score (nSPS) is 11.9. The van der Waals surface area contributed by atoms with Gasteiger partial charge < -0.3 is 4.42 Å². The van der Waals surface area contributed by atoms with Crippen LogP contribution in [0, 0.1) is 0 Å². The van der Waals surface area contributed by atoms with Crippen molar-refractivity contribution in [2.75, 3.05) is 0 Å². The van der Waals surface area contributed by atoms with E-state index in [2.05, 4.69) is 44.8 Å². The number of fused-ring (bicyclic) bond motifs is 1. The van der Waals surface area contributed by atoms with Crippen LogP contribution in [0.4, 0.5) is 0 Å². The Bertz CT molecular complexity index is 462. The van der Waals surface area contributed by atoms with E-state index in [1.807, 2.05) is 6.07 Å². The summed E-state index contributed by atoms with van der Waals surface area (Å²) in [4.78, 5) is 4.49. The molecule has 0 aliphatic heterocycles. The van der Waals surface area contributed by atoms with Crippen molar-refractivity contribution < 1.29 is 4.42 Å². The highest BCUT2D eigenvalue weighted by Crippen LogP contribution is 2.24. The molecule has 80 valence electrons. The van der Waals surface area contributed by atoms with E-state index in [9.17, 15) is 0 Å². The van der Waals surface area contributed by atoms with Crippen molar-refractivity contribution in [3.05, 3.63) is 29.7 Å². The first-order valence-corrected chi connectivity index (χ1v) is 5.48. The van der Waals surface area contributed by atoms with Crippen molar-refractivity contribution in [2.45, 2.75) is 39.5 Å². The molecular formula is C13H17NO. The summed E-state index contributed by atoms with van der Waals surface area (Å²) in [5, 5.41) is 0. The summed E-state index contributed by atoms with van der Waals surface area (Å²) >= 11 is 0. The summed E-state index contributed by atoms with van der Waals surface area (Å²) in [6, 6.07) is 6.25. The van der Waals surface area contributed by atoms with E-state index in [-0.39, 0.29) is 0 Å². The zero-order valence-corrected chi connectivity index (χ0v) is 9.74. The van der Waals surface area contributed by atoms with Crippen LogP contribution in [-0.4, -0.2) is 4.98 Å². The minimum absolute atomic E-state index is 0.347. The Balaban J connectivity index is 2.52. The first-order valence-electron chi connectivity index (χ1n) is 5.48. The van der Waals surface area contributed by atoms with Crippen molar-refractivity contribution in [1.29, 1.82) is 0 Å². The van der Waals surface area contributed by atoms with Gasteiger partial charge in [0.2, 0.25) is 0 Å². The van der Waals surface area contributed by atoms with E-state index in [1.165, 1.54) is 5.56 Å². The molecule has 2 heteroatoms. The van der Waals surface area contributed by atoms with Gasteiger partial charge in [-0.15, -0.1) is 0 Å². The molecule has 0 saturated carbocycles. The monoisotopic (exact) mass is 203 g/mol. The predicted molar refractivity (Wildman–Crippen MR) is 62.2 cm³/mol. The highest BCUT2D eigenvalue weighted by Gasteiger charge is 2.10. The topological polar surface area (TPSA) is 26.0 Å². The SMILES string of the molecule is CC(C)c1ccc2oc(C(C)C)nc2c1. The summed E-state index contributed by atoms with van der Waals surface area (Å²) in [5.74, 6) is 1.71. The van der Waals surface area contributed by atoms with Crippen LogP contribution in [0.3, 0.4) is 0 Å². The van der Waals surface area contributed by atoms with E-state index in [0.717, 1.165) is 17.0 Å². The Kier molecular flexibility index (Phi) is 2.51. The number of aromatic nitrogens is 1. The third kappa shape index (κ3) is 1.89. The summed E-state index contributed by atoms with van der Waals surface area (Å²) in [6.45, 7) is 8.55. The molecule has 2 aromatic rings. The first-order chi connectivity index (χ1) is 7.08. The molecule has 0 radical (unpaired) electrons. The predicted octanol–water partition coefficient (Wildman–Crippen LogP) is 4.07. The quantitative estimate of drug-likeness (QED) is 0.735. The molecule has 2 rings (SSSR count). The Labute approximate surface area is 90.3 Å². The maximum atomic E-state index is 5.65. The van der Waals surface area contributed by atoms with Crippen molar-refractivity contribution in [3.63, 3.8) is 0 Å². The van der Waals surface area contributed by atoms with Crippen LogP contribution >= 0.6 is 0 Å². The second kappa shape index (κ2) is 3.69. The molecule has 0 bridgehead atoms. The lowest BCUT2D eigenvalue weighted by atomic mass is 10.0. The number of rotatable bonds is 2. The Hall–Kier alpha value is -1.31. The van der Waals surface area contributed by atoms with Gasteiger partial charge in [-0.25, -0.2) is 4.98 Å². The van der Waals surface area contributed by atoms with Crippen LogP contribution < -0.4 is 0 Å². The Morgan fingerprint density at radius 2 is 1.80 bits per heavy atom. The van der Waals surface area contributed by atoms with Crippen molar-refractivity contribution in [3.8, 4) is 0 Å². The second-order valence-electron chi connectivity index (χ2n) is 4.59. The van der Waals surface area contributed by atoms with E-state index >= 15 is 0 Å². The van der Waals surface area contributed by atoms with Gasteiger partial charge in [0.05, 0.1) is 0 Å². The molecule has 0 spiro atoms. The van der Waals surface area contributed by atoms with Gasteiger partial charge >= 0.3 is 0 Å². The molecule has 0 atom stereocenters.